The van der Waals surface area contributed by atoms with Crippen molar-refractivity contribution in [1.29, 1.82) is 0 Å². The molecule has 1 amide bonds. The predicted octanol–water partition coefficient (Wildman–Crippen LogP) is 0.203. The van der Waals surface area contributed by atoms with Crippen LogP contribution < -0.4 is 10.2 Å². The molecule has 1 aromatic rings. The molecule has 1 fully saturated rings. The van der Waals surface area contributed by atoms with Gasteiger partial charge in [-0.1, -0.05) is 0 Å². The fourth-order valence-electron chi connectivity index (χ4n) is 2.10. The van der Waals surface area contributed by atoms with Crippen molar-refractivity contribution in [1.82, 2.24) is 14.9 Å². The van der Waals surface area contributed by atoms with Gasteiger partial charge in [0.25, 0.3) is 0 Å². The number of piperazine rings is 1. The number of methoxy groups -OCH3 is 1. The van der Waals surface area contributed by atoms with Gasteiger partial charge in [0.1, 0.15) is 5.82 Å². The molecule has 0 radical (unpaired) electrons. The first-order chi connectivity index (χ1) is 9.70. The van der Waals surface area contributed by atoms with E-state index in [9.17, 15) is 4.79 Å². The molecule has 110 valence electrons. The number of ether oxygens (including phenoxy) is 1. The van der Waals surface area contributed by atoms with Gasteiger partial charge >= 0.3 is 0 Å². The van der Waals surface area contributed by atoms with E-state index in [0.717, 1.165) is 32.0 Å². The molecule has 1 saturated heterocycles. The Balaban J connectivity index is 1.92. The van der Waals surface area contributed by atoms with Crippen molar-refractivity contribution in [3.05, 3.63) is 12.3 Å². The highest BCUT2D eigenvalue weighted by molar-refractivity contribution is 5.73. The number of rotatable bonds is 5. The first kappa shape index (κ1) is 14.5. The van der Waals surface area contributed by atoms with Gasteiger partial charge in [0.2, 0.25) is 11.9 Å². The van der Waals surface area contributed by atoms with Crippen LogP contribution in [0.5, 0.6) is 0 Å². The highest BCUT2D eigenvalue weighted by atomic mass is 16.5. The monoisotopic (exact) mass is 279 g/mol. The van der Waals surface area contributed by atoms with E-state index < -0.39 is 0 Å². The largest absolute Gasteiger partial charge is 0.383 e. The van der Waals surface area contributed by atoms with Crippen LogP contribution in [-0.2, 0) is 9.53 Å². The first-order valence-electron chi connectivity index (χ1n) is 6.77. The lowest BCUT2D eigenvalue weighted by atomic mass is 10.3. The van der Waals surface area contributed by atoms with Gasteiger partial charge in [0.15, 0.2) is 0 Å². The van der Waals surface area contributed by atoms with Crippen molar-refractivity contribution < 1.29 is 9.53 Å². The summed E-state index contributed by atoms with van der Waals surface area (Å²) in [6.07, 6.45) is 1.74. The lowest BCUT2D eigenvalue weighted by Crippen LogP contribution is -2.48. The lowest BCUT2D eigenvalue weighted by Gasteiger charge is -2.34. The molecule has 0 atom stereocenters. The first-order valence-corrected chi connectivity index (χ1v) is 6.77. The number of anilines is 2. The quantitative estimate of drug-likeness (QED) is 0.777. The molecule has 0 spiro atoms. The molecule has 7 heteroatoms. The molecule has 1 N–H and O–H groups in total. The lowest BCUT2D eigenvalue weighted by molar-refractivity contribution is -0.129. The summed E-state index contributed by atoms with van der Waals surface area (Å²) in [5.41, 5.74) is 0. The summed E-state index contributed by atoms with van der Waals surface area (Å²) in [5, 5.41) is 3.18. The molecule has 0 unspecified atom stereocenters. The number of carbonyl (C=O) groups excluding carboxylic acids is 1. The summed E-state index contributed by atoms with van der Waals surface area (Å²) in [6, 6.07) is 1.84. The molecule has 0 bridgehead atoms. The summed E-state index contributed by atoms with van der Waals surface area (Å²) in [4.78, 5) is 24.0. The van der Waals surface area contributed by atoms with E-state index in [1.807, 2.05) is 11.0 Å². The Labute approximate surface area is 118 Å². The van der Waals surface area contributed by atoms with Gasteiger partial charge in [-0.15, -0.1) is 0 Å². The maximum atomic E-state index is 11.3. The second-order valence-corrected chi connectivity index (χ2v) is 4.65. The van der Waals surface area contributed by atoms with Crippen molar-refractivity contribution in [2.45, 2.75) is 6.92 Å². The van der Waals surface area contributed by atoms with Crippen molar-refractivity contribution in [2.24, 2.45) is 0 Å². The Kier molecular flexibility index (Phi) is 5.11. The van der Waals surface area contributed by atoms with E-state index in [-0.39, 0.29) is 5.91 Å². The van der Waals surface area contributed by atoms with Crippen LogP contribution in [0.4, 0.5) is 11.8 Å². The third-order valence-electron chi connectivity index (χ3n) is 3.26. The molecule has 20 heavy (non-hydrogen) atoms. The Morgan fingerprint density at radius 3 is 2.80 bits per heavy atom. The molecule has 7 nitrogen and oxygen atoms in total. The Morgan fingerprint density at radius 1 is 1.40 bits per heavy atom. The van der Waals surface area contributed by atoms with E-state index >= 15 is 0 Å². The van der Waals surface area contributed by atoms with Crippen LogP contribution in [0.1, 0.15) is 6.92 Å². The Morgan fingerprint density at radius 2 is 2.15 bits per heavy atom. The molecule has 0 aliphatic carbocycles. The van der Waals surface area contributed by atoms with Gasteiger partial charge in [-0.05, 0) is 6.07 Å². The second kappa shape index (κ2) is 7.04. The average molecular weight is 279 g/mol. The highest BCUT2D eigenvalue weighted by Gasteiger charge is 2.20. The van der Waals surface area contributed by atoms with Crippen molar-refractivity contribution in [3.63, 3.8) is 0 Å². The third kappa shape index (κ3) is 3.80. The van der Waals surface area contributed by atoms with Gasteiger partial charge < -0.3 is 19.9 Å². The Hall–Kier alpha value is -1.89. The van der Waals surface area contributed by atoms with Crippen LogP contribution in [0.2, 0.25) is 0 Å². The fraction of sp³-hybridized carbons (Fsp3) is 0.615. The molecule has 0 aromatic carbocycles. The summed E-state index contributed by atoms with van der Waals surface area (Å²) in [5.74, 6) is 1.62. The van der Waals surface area contributed by atoms with Gasteiger partial charge in [-0.3, -0.25) is 4.79 Å². The van der Waals surface area contributed by atoms with Gasteiger partial charge in [0, 0.05) is 53.0 Å². The van der Waals surface area contributed by atoms with Crippen LogP contribution in [0.3, 0.4) is 0 Å². The van der Waals surface area contributed by atoms with E-state index in [4.69, 9.17) is 4.74 Å². The second-order valence-electron chi connectivity index (χ2n) is 4.65. The van der Waals surface area contributed by atoms with Gasteiger partial charge in [-0.25, -0.2) is 4.98 Å². The minimum atomic E-state index is 0.126. The topological polar surface area (TPSA) is 70.6 Å². The number of hydrogen-bond acceptors (Lipinski definition) is 6. The smallest absolute Gasteiger partial charge is 0.227 e. The fourth-order valence-corrected chi connectivity index (χ4v) is 2.10. The molecule has 1 aliphatic rings. The highest BCUT2D eigenvalue weighted by Crippen LogP contribution is 2.13. The number of amides is 1. The summed E-state index contributed by atoms with van der Waals surface area (Å²) in [7, 11) is 1.67. The van der Waals surface area contributed by atoms with E-state index in [1.165, 1.54) is 0 Å². The number of carbonyl (C=O) groups is 1. The normalized spacial score (nSPS) is 15.3. The standard InChI is InChI=1S/C13H21N5O2/c1-11(19)17-6-8-18(9-7-17)13-15-4-3-12(16-13)14-5-10-20-2/h3-4H,5-10H2,1-2H3,(H,14,15,16). The SMILES string of the molecule is COCCNc1ccnc(N2CCN(C(C)=O)CC2)n1. The summed E-state index contributed by atoms with van der Waals surface area (Å²) >= 11 is 0. The number of nitrogens with one attached hydrogen (secondary N) is 1. The Bertz CT molecular complexity index is 446. The minimum absolute atomic E-state index is 0.126. The minimum Gasteiger partial charge on any atom is -0.383 e. The van der Waals surface area contributed by atoms with Crippen LogP contribution in [0.25, 0.3) is 0 Å². The zero-order chi connectivity index (χ0) is 14.4. The van der Waals surface area contributed by atoms with Crippen LogP contribution in [0, 0.1) is 0 Å². The number of nitrogens with zero attached hydrogens (tertiary/aromatic N) is 4. The summed E-state index contributed by atoms with van der Waals surface area (Å²) < 4.78 is 4.99. The molecule has 2 heterocycles. The molecule has 0 saturated carbocycles. The zero-order valence-corrected chi connectivity index (χ0v) is 12.0. The maximum absolute atomic E-state index is 11.3. The van der Waals surface area contributed by atoms with Crippen LogP contribution >= 0.6 is 0 Å². The number of hydrogen-bond donors (Lipinski definition) is 1. The van der Waals surface area contributed by atoms with Crippen LogP contribution in [-0.4, -0.2) is 67.2 Å². The van der Waals surface area contributed by atoms with E-state index in [0.29, 0.717) is 19.1 Å². The molecular weight excluding hydrogens is 258 g/mol. The molecule has 1 aromatic heterocycles. The average Bonchev–Trinajstić information content (AvgIpc) is 2.48. The number of aromatic nitrogens is 2. The zero-order valence-electron chi connectivity index (χ0n) is 12.0. The molecular formula is C13H21N5O2. The maximum Gasteiger partial charge on any atom is 0.227 e. The van der Waals surface area contributed by atoms with Crippen LogP contribution in [0.15, 0.2) is 12.3 Å². The van der Waals surface area contributed by atoms with Crippen molar-refractivity contribution >= 4 is 17.7 Å². The van der Waals surface area contributed by atoms with E-state index in [1.54, 1.807) is 20.2 Å². The van der Waals surface area contributed by atoms with E-state index in [2.05, 4.69) is 20.2 Å². The molecule has 2 rings (SSSR count). The third-order valence-corrected chi connectivity index (χ3v) is 3.26. The molecule has 1 aliphatic heterocycles. The van der Waals surface area contributed by atoms with Gasteiger partial charge in [0.05, 0.1) is 6.61 Å². The van der Waals surface area contributed by atoms with Crippen molar-refractivity contribution in [2.75, 3.05) is 56.7 Å². The van der Waals surface area contributed by atoms with Crippen molar-refractivity contribution in [3.8, 4) is 0 Å². The summed E-state index contributed by atoms with van der Waals surface area (Å²) in [6.45, 7) is 5.93. The van der Waals surface area contributed by atoms with Gasteiger partial charge in [-0.2, -0.15) is 4.98 Å². The predicted molar refractivity (Wildman–Crippen MR) is 76.9 cm³/mol.